The maximum Gasteiger partial charge on any atom is 0.332 e. The van der Waals surface area contributed by atoms with Crippen LogP contribution in [0.2, 0.25) is 0 Å². The van der Waals surface area contributed by atoms with Crippen molar-refractivity contribution in [3.63, 3.8) is 0 Å². The third kappa shape index (κ3) is 3.96. The monoisotopic (exact) mass is 278 g/mol. The molecule has 1 saturated carbocycles. The standard InChI is InChI=1S/C14H18N2O4/c17-12(13(18)19)6-7-15-14(20)16-11-8-10(11)9-4-2-1-3-5-9/h1-5,10-12,17H,6-8H2,(H,18,19)(H2,15,16,20)/t10?,11?,12-/m0/s1. The molecule has 2 amide bonds. The summed E-state index contributed by atoms with van der Waals surface area (Å²) in [7, 11) is 0. The molecule has 1 aliphatic carbocycles. The first kappa shape index (κ1) is 14.3. The van der Waals surface area contributed by atoms with Gasteiger partial charge in [0.15, 0.2) is 6.10 Å². The Hall–Kier alpha value is -2.08. The number of urea groups is 1. The molecule has 0 heterocycles. The van der Waals surface area contributed by atoms with E-state index in [0.29, 0.717) is 5.92 Å². The minimum atomic E-state index is -1.44. The Morgan fingerprint density at radius 2 is 2.00 bits per heavy atom. The van der Waals surface area contributed by atoms with Gasteiger partial charge in [0.05, 0.1) is 0 Å². The van der Waals surface area contributed by atoms with E-state index >= 15 is 0 Å². The van der Waals surface area contributed by atoms with Crippen LogP contribution in [0, 0.1) is 0 Å². The molecule has 6 heteroatoms. The molecule has 6 nitrogen and oxygen atoms in total. The van der Waals surface area contributed by atoms with E-state index < -0.39 is 12.1 Å². The van der Waals surface area contributed by atoms with E-state index in [0.717, 1.165) is 6.42 Å². The van der Waals surface area contributed by atoms with Crippen LogP contribution < -0.4 is 10.6 Å². The number of nitrogens with one attached hydrogen (secondary N) is 2. The van der Waals surface area contributed by atoms with Crippen molar-refractivity contribution >= 4 is 12.0 Å². The van der Waals surface area contributed by atoms with Gasteiger partial charge in [-0.05, 0) is 12.0 Å². The Morgan fingerprint density at radius 1 is 1.30 bits per heavy atom. The van der Waals surface area contributed by atoms with Gasteiger partial charge in [0.2, 0.25) is 0 Å². The Morgan fingerprint density at radius 3 is 2.65 bits per heavy atom. The van der Waals surface area contributed by atoms with Gasteiger partial charge in [-0.15, -0.1) is 0 Å². The van der Waals surface area contributed by atoms with Gasteiger partial charge in [0.25, 0.3) is 0 Å². The second-order valence-electron chi connectivity index (χ2n) is 4.90. The van der Waals surface area contributed by atoms with E-state index in [-0.39, 0.29) is 25.0 Å². The minimum Gasteiger partial charge on any atom is -0.479 e. The molecule has 4 N–H and O–H groups in total. The second-order valence-corrected chi connectivity index (χ2v) is 4.90. The van der Waals surface area contributed by atoms with Crippen LogP contribution in [0.5, 0.6) is 0 Å². The van der Waals surface area contributed by atoms with Crippen LogP contribution in [0.25, 0.3) is 0 Å². The van der Waals surface area contributed by atoms with Crippen molar-refractivity contribution in [3.8, 4) is 0 Å². The molecule has 0 aliphatic heterocycles. The molecule has 1 aliphatic rings. The number of aliphatic hydroxyl groups excluding tert-OH is 1. The molecule has 1 aromatic carbocycles. The van der Waals surface area contributed by atoms with Crippen molar-refractivity contribution in [1.29, 1.82) is 0 Å². The lowest BCUT2D eigenvalue weighted by atomic mass is 10.1. The maximum atomic E-state index is 11.6. The Bertz CT molecular complexity index is 477. The summed E-state index contributed by atoms with van der Waals surface area (Å²) in [5.41, 5.74) is 1.21. The summed E-state index contributed by atoms with van der Waals surface area (Å²) in [5.74, 6) is -0.926. The van der Waals surface area contributed by atoms with Crippen LogP contribution in [-0.4, -0.2) is 40.9 Å². The van der Waals surface area contributed by atoms with Gasteiger partial charge < -0.3 is 20.8 Å². The number of aliphatic carboxylic acids is 1. The third-order valence-electron chi connectivity index (χ3n) is 3.32. The van der Waals surface area contributed by atoms with Gasteiger partial charge in [-0.3, -0.25) is 0 Å². The largest absolute Gasteiger partial charge is 0.479 e. The molecule has 2 rings (SSSR count). The highest BCUT2D eigenvalue weighted by Gasteiger charge is 2.39. The highest BCUT2D eigenvalue weighted by atomic mass is 16.4. The lowest BCUT2D eigenvalue weighted by Crippen LogP contribution is -2.39. The van der Waals surface area contributed by atoms with Crippen molar-refractivity contribution in [2.45, 2.75) is 30.9 Å². The minimum absolute atomic E-state index is 0.00443. The summed E-state index contributed by atoms with van der Waals surface area (Å²) in [6, 6.07) is 9.76. The average Bonchev–Trinajstić information content (AvgIpc) is 3.18. The second kappa shape index (κ2) is 6.38. The quantitative estimate of drug-likeness (QED) is 0.615. The van der Waals surface area contributed by atoms with Crippen LogP contribution >= 0.6 is 0 Å². The maximum absolute atomic E-state index is 11.6. The number of carbonyl (C=O) groups excluding carboxylic acids is 1. The third-order valence-corrected chi connectivity index (χ3v) is 3.32. The van der Waals surface area contributed by atoms with Crippen molar-refractivity contribution in [2.75, 3.05) is 6.54 Å². The number of carboxylic acid groups (broad SMARTS) is 1. The fourth-order valence-corrected chi connectivity index (χ4v) is 2.09. The average molecular weight is 278 g/mol. The summed E-state index contributed by atoms with van der Waals surface area (Å²) in [4.78, 5) is 22.0. The number of carbonyl (C=O) groups is 2. The first-order chi connectivity index (χ1) is 9.58. The van der Waals surface area contributed by atoms with E-state index in [2.05, 4.69) is 10.6 Å². The topological polar surface area (TPSA) is 98.7 Å². The zero-order chi connectivity index (χ0) is 14.5. The van der Waals surface area contributed by atoms with Gasteiger partial charge in [0, 0.05) is 24.9 Å². The Labute approximate surface area is 116 Å². The predicted octanol–water partition coefficient (Wildman–Crippen LogP) is 0.677. The van der Waals surface area contributed by atoms with Crippen LogP contribution in [-0.2, 0) is 4.79 Å². The molecular weight excluding hydrogens is 260 g/mol. The van der Waals surface area contributed by atoms with Gasteiger partial charge in [-0.2, -0.15) is 0 Å². The molecule has 1 fully saturated rings. The van der Waals surface area contributed by atoms with Crippen LogP contribution in [0.1, 0.15) is 24.3 Å². The fraction of sp³-hybridized carbons (Fsp3) is 0.429. The first-order valence-corrected chi connectivity index (χ1v) is 6.58. The van der Waals surface area contributed by atoms with Crippen molar-refractivity contribution in [2.24, 2.45) is 0 Å². The normalized spacial score (nSPS) is 21.9. The molecule has 0 saturated heterocycles. The predicted molar refractivity (Wildman–Crippen MR) is 72.4 cm³/mol. The van der Waals surface area contributed by atoms with E-state index in [4.69, 9.17) is 10.2 Å². The zero-order valence-corrected chi connectivity index (χ0v) is 11.0. The van der Waals surface area contributed by atoms with Crippen LogP contribution in [0.4, 0.5) is 4.79 Å². The number of hydrogen-bond donors (Lipinski definition) is 4. The van der Waals surface area contributed by atoms with Crippen molar-refractivity contribution < 1.29 is 19.8 Å². The summed E-state index contributed by atoms with van der Waals surface area (Å²) < 4.78 is 0. The molecule has 0 aromatic heterocycles. The molecule has 0 radical (unpaired) electrons. The van der Waals surface area contributed by atoms with Gasteiger partial charge in [-0.25, -0.2) is 9.59 Å². The van der Waals surface area contributed by atoms with Gasteiger partial charge >= 0.3 is 12.0 Å². The lowest BCUT2D eigenvalue weighted by molar-refractivity contribution is -0.146. The molecule has 3 atom stereocenters. The summed E-state index contributed by atoms with van der Waals surface area (Å²) >= 11 is 0. The van der Waals surface area contributed by atoms with Crippen LogP contribution in [0.15, 0.2) is 30.3 Å². The molecular formula is C14H18N2O4. The zero-order valence-electron chi connectivity index (χ0n) is 11.0. The van der Waals surface area contributed by atoms with E-state index in [1.54, 1.807) is 0 Å². The molecule has 1 aromatic rings. The fourth-order valence-electron chi connectivity index (χ4n) is 2.09. The van der Waals surface area contributed by atoms with Crippen molar-refractivity contribution in [1.82, 2.24) is 10.6 Å². The highest BCUT2D eigenvalue weighted by Crippen LogP contribution is 2.40. The highest BCUT2D eigenvalue weighted by molar-refractivity contribution is 5.75. The number of benzene rings is 1. The van der Waals surface area contributed by atoms with E-state index in [1.165, 1.54) is 5.56 Å². The Balaban J connectivity index is 1.66. The van der Waals surface area contributed by atoms with Gasteiger partial charge in [-0.1, -0.05) is 30.3 Å². The number of rotatable bonds is 6. The molecule has 0 spiro atoms. The van der Waals surface area contributed by atoms with Crippen molar-refractivity contribution in [3.05, 3.63) is 35.9 Å². The molecule has 108 valence electrons. The molecule has 2 unspecified atom stereocenters. The summed E-state index contributed by atoms with van der Waals surface area (Å²) in [6.07, 6.45) is -0.529. The molecule has 20 heavy (non-hydrogen) atoms. The lowest BCUT2D eigenvalue weighted by Gasteiger charge is -2.09. The number of carboxylic acids is 1. The Kier molecular flexibility index (Phi) is 4.57. The molecule has 0 bridgehead atoms. The smallest absolute Gasteiger partial charge is 0.332 e. The first-order valence-electron chi connectivity index (χ1n) is 6.58. The number of hydrogen-bond acceptors (Lipinski definition) is 3. The summed E-state index contributed by atoms with van der Waals surface area (Å²) in [6.45, 7) is 0.127. The van der Waals surface area contributed by atoms with E-state index in [9.17, 15) is 9.59 Å². The van der Waals surface area contributed by atoms with Crippen LogP contribution in [0.3, 0.4) is 0 Å². The number of amides is 2. The summed E-state index contributed by atoms with van der Waals surface area (Å²) in [5, 5.41) is 22.9. The number of aliphatic hydroxyl groups is 1. The van der Waals surface area contributed by atoms with Gasteiger partial charge in [0.1, 0.15) is 0 Å². The van der Waals surface area contributed by atoms with E-state index in [1.807, 2.05) is 30.3 Å². The SMILES string of the molecule is O=C(NCC[C@H](O)C(=O)O)NC1CC1c1ccccc1.